The minimum atomic E-state index is -1.00. The third-order valence-electron chi connectivity index (χ3n) is 11.3. The van der Waals surface area contributed by atoms with Gasteiger partial charge in [0.1, 0.15) is 30.8 Å². The Balaban J connectivity index is 0.819. The lowest BCUT2D eigenvalue weighted by Crippen LogP contribution is -2.64. The van der Waals surface area contributed by atoms with Gasteiger partial charge in [0.25, 0.3) is 11.8 Å². The number of amides is 4. The molecule has 3 fully saturated rings. The second-order valence-corrected chi connectivity index (χ2v) is 15.8. The van der Waals surface area contributed by atoms with Crippen molar-refractivity contribution in [3.8, 4) is 11.5 Å². The Morgan fingerprint density at radius 2 is 1.56 bits per heavy atom. The quantitative estimate of drug-likeness (QED) is 0.174. The second-order valence-electron chi connectivity index (χ2n) is 15.8. The molecule has 55 heavy (non-hydrogen) atoms. The van der Waals surface area contributed by atoms with E-state index < -0.39 is 29.7 Å². The molecule has 4 amide bonds. The maximum absolute atomic E-state index is 13.2. The molecule has 3 aliphatic heterocycles. The number of aromatic nitrogens is 2. The molecule has 8 rings (SSSR count). The molecule has 3 N–H and O–H groups in total. The zero-order valence-electron chi connectivity index (χ0n) is 31.1. The van der Waals surface area contributed by atoms with E-state index in [9.17, 15) is 24.3 Å². The molecule has 13 nitrogen and oxygen atoms in total. The molecule has 0 bridgehead atoms. The highest BCUT2D eigenvalue weighted by Gasteiger charge is 2.52. The summed E-state index contributed by atoms with van der Waals surface area (Å²) in [5.74, 6) is 0.0576. The third kappa shape index (κ3) is 7.11. The summed E-state index contributed by atoms with van der Waals surface area (Å²) in [6, 6.07) is 21.8. The number of benzene rings is 3. The van der Waals surface area contributed by atoms with Gasteiger partial charge in [-0.3, -0.25) is 29.4 Å². The number of imide groups is 2. The van der Waals surface area contributed by atoms with E-state index in [2.05, 4.69) is 58.6 Å². The van der Waals surface area contributed by atoms with Crippen LogP contribution in [0.25, 0.3) is 0 Å². The first-order valence-corrected chi connectivity index (χ1v) is 18.7. The fraction of sp³-hybridized carbons (Fsp3) is 0.381. The highest BCUT2D eigenvalue weighted by Crippen LogP contribution is 2.49. The lowest BCUT2D eigenvalue weighted by atomic mass is 9.62. The second kappa shape index (κ2) is 14.1. The van der Waals surface area contributed by atoms with Gasteiger partial charge in [0.15, 0.2) is 0 Å². The molecule has 1 saturated carbocycles. The van der Waals surface area contributed by atoms with Crippen molar-refractivity contribution in [2.24, 2.45) is 5.41 Å². The molecule has 4 heterocycles. The minimum Gasteiger partial charge on any atom is -0.491 e. The maximum atomic E-state index is 13.2. The molecule has 1 aromatic heterocycles. The Morgan fingerprint density at radius 3 is 2.22 bits per heavy atom. The summed E-state index contributed by atoms with van der Waals surface area (Å²) in [4.78, 5) is 62.4. The molecule has 2 saturated heterocycles. The molecule has 284 valence electrons. The molecule has 13 heteroatoms. The van der Waals surface area contributed by atoms with E-state index in [1.807, 2.05) is 37.3 Å². The summed E-state index contributed by atoms with van der Waals surface area (Å²) in [5.41, 5.74) is 4.14. The minimum absolute atomic E-state index is 0.0704. The molecular formula is C42H44N6O7. The van der Waals surface area contributed by atoms with Crippen LogP contribution in [0.15, 0.2) is 79.0 Å². The van der Waals surface area contributed by atoms with Gasteiger partial charge in [-0.05, 0) is 85.8 Å². The van der Waals surface area contributed by atoms with Gasteiger partial charge in [0, 0.05) is 42.2 Å². The van der Waals surface area contributed by atoms with Crippen molar-refractivity contribution in [1.29, 1.82) is 0 Å². The van der Waals surface area contributed by atoms with E-state index >= 15 is 0 Å². The van der Waals surface area contributed by atoms with Crippen molar-refractivity contribution in [2.75, 3.05) is 29.9 Å². The zero-order chi connectivity index (χ0) is 38.5. The van der Waals surface area contributed by atoms with Crippen LogP contribution in [-0.2, 0) is 21.6 Å². The number of nitrogens with zero attached hydrogens (tertiary/aromatic N) is 4. The van der Waals surface area contributed by atoms with E-state index in [-0.39, 0.29) is 46.9 Å². The van der Waals surface area contributed by atoms with Gasteiger partial charge >= 0.3 is 0 Å². The molecule has 4 aromatic rings. The molecule has 1 spiro atoms. The number of ether oxygens (including phenoxy) is 2. The number of carbonyl (C=O) groups excluding carboxylic acids is 4. The number of fused-ring (bicyclic) bond motifs is 1. The number of carbonyl (C=O) groups is 4. The Kier molecular flexibility index (Phi) is 9.28. The Labute approximate surface area is 319 Å². The number of aliphatic hydroxyl groups is 1. The first-order valence-electron chi connectivity index (χ1n) is 18.7. The predicted octanol–water partition coefficient (Wildman–Crippen LogP) is 4.62. The summed E-state index contributed by atoms with van der Waals surface area (Å²) < 4.78 is 12.2. The summed E-state index contributed by atoms with van der Waals surface area (Å²) in [5, 5.41) is 15.2. The van der Waals surface area contributed by atoms with Crippen molar-refractivity contribution in [1.82, 2.24) is 20.2 Å². The van der Waals surface area contributed by atoms with Gasteiger partial charge in [-0.2, -0.15) is 0 Å². The highest BCUT2D eigenvalue weighted by atomic mass is 16.5. The first-order chi connectivity index (χ1) is 26.4. The van der Waals surface area contributed by atoms with Gasteiger partial charge < -0.3 is 24.8 Å². The van der Waals surface area contributed by atoms with E-state index in [4.69, 9.17) is 14.5 Å². The number of hydrogen-bond acceptors (Lipinski definition) is 11. The van der Waals surface area contributed by atoms with Crippen molar-refractivity contribution in [2.45, 2.75) is 76.7 Å². The van der Waals surface area contributed by atoms with Crippen LogP contribution in [0, 0.1) is 5.41 Å². The van der Waals surface area contributed by atoms with Crippen LogP contribution >= 0.6 is 0 Å². The third-order valence-corrected chi connectivity index (χ3v) is 11.3. The van der Waals surface area contributed by atoms with E-state index in [0.29, 0.717) is 24.8 Å². The number of piperidine rings is 1. The van der Waals surface area contributed by atoms with Gasteiger partial charge in [0.2, 0.25) is 17.8 Å². The first kappa shape index (κ1) is 36.2. The SMILES string of the molecule is CC(COc1ccc(C(C)(C)c2ccc(OCc3ccnc(N4CC5(CC(O)C5)C4)n3)cc2)cc1)Nc1ccc2c(c1)C(=O)N(C1CCC(=O)NC1=O)C2=O. The number of rotatable bonds is 12. The molecular weight excluding hydrogens is 700 g/mol. The lowest BCUT2D eigenvalue weighted by Gasteiger charge is -2.57. The molecule has 0 radical (unpaired) electrons. The van der Waals surface area contributed by atoms with E-state index in [1.54, 1.807) is 24.4 Å². The molecule has 1 aliphatic carbocycles. The van der Waals surface area contributed by atoms with Crippen LogP contribution in [0.2, 0.25) is 0 Å². The summed E-state index contributed by atoms with van der Waals surface area (Å²) in [7, 11) is 0. The van der Waals surface area contributed by atoms with Gasteiger partial charge in [-0.25, -0.2) is 9.97 Å². The monoisotopic (exact) mass is 744 g/mol. The van der Waals surface area contributed by atoms with Crippen LogP contribution < -0.4 is 25.0 Å². The van der Waals surface area contributed by atoms with Crippen molar-refractivity contribution in [3.05, 3.63) is 107 Å². The average Bonchev–Trinajstić information content (AvgIpc) is 3.39. The smallest absolute Gasteiger partial charge is 0.262 e. The van der Waals surface area contributed by atoms with Gasteiger partial charge in [-0.15, -0.1) is 0 Å². The maximum Gasteiger partial charge on any atom is 0.262 e. The van der Waals surface area contributed by atoms with Crippen molar-refractivity contribution >= 4 is 35.3 Å². The molecule has 2 atom stereocenters. The van der Waals surface area contributed by atoms with Gasteiger partial charge in [-0.1, -0.05) is 38.1 Å². The normalized spacial score (nSPS) is 19.7. The molecule has 4 aliphatic rings. The summed E-state index contributed by atoms with van der Waals surface area (Å²) in [6.07, 6.45) is 3.53. The van der Waals surface area contributed by atoms with Crippen LogP contribution in [0.5, 0.6) is 11.5 Å². The predicted molar refractivity (Wildman–Crippen MR) is 203 cm³/mol. The summed E-state index contributed by atoms with van der Waals surface area (Å²) in [6.45, 7) is 8.77. The van der Waals surface area contributed by atoms with E-state index in [1.165, 1.54) is 0 Å². The number of anilines is 2. The van der Waals surface area contributed by atoms with Crippen molar-refractivity contribution < 1.29 is 33.8 Å². The van der Waals surface area contributed by atoms with Crippen LogP contribution in [-0.4, -0.2) is 81.5 Å². The number of aliphatic hydroxyl groups excluding tert-OH is 1. The molecule has 3 aromatic carbocycles. The largest absolute Gasteiger partial charge is 0.491 e. The fourth-order valence-corrected chi connectivity index (χ4v) is 8.09. The number of nitrogens with one attached hydrogen (secondary N) is 2. The Hall–Kier alpha value is -5.82. The zero-order valence-corrected chi connectivity index (χ0v) is 31.1. The Bertz CT molecular complexity index is 2140. The topological polar surface area (TPSA) is 163 Å². The fourth-order valence-electron chi connectivity index (χ4n) is 8.09. The van der Waals surface area contributed by atoms with Crippen LogP contribution in [0.3, 0.4) is 0 Å². The van der Waals surface area contributed by atoms with Crippen LogP contribution in [0.1, 0.15) is 84.0 Å². The standard InChI is InChI=1S/C42H44N6O7/c1-25(44-28-8-13-33-34(18-28)39(53)48(38(33)52)35-14-15-36(50)46-37(35)51)21-54-31-9-4-26(5-10-31)41(2,3)27-6-11-32(12-7-27)55-22-29-16-17-43-40(45-29)47-23-42(24-47)19-30(49)20-42/h4-13,16-18,25,30,35,44,49H,14-15,19-24H2,1-3H3,(H,46,50,51). The van der Waals surface area contributed by atoms with Crippen molar-refractivity contribution in [3.63, 3.8) is 0 Å². The summed E-state index contributed by atoms with van der Waals surface area (Å²) >= 11 is 0. The lowest BCUT2D eigenvalue weighted by molar-refractivity contribution is -0.136. The average molecular weight is 745 g/mol. The van der Waals surface area contributed by atoms with Gasteiger partial charge in [0.05, 0.1) is 29.0 Å². The molecule has 2 unspecified atom stereocenters. The Morgan fingerprint density at radius 1 is 0.909 bits per heavy atom. The highest BCUT2D eigenvalue weighted by molar-refractivity contribution is 6.23. The number of hydrogen-bond donors (Lipinski definition) is 3. The van der Waals surface area contributed by atoms with Crippen LogP contribution in [0.4, 0.5) is 11.6 Å². The van der Waals surface area contributed by atoms with E-state index in [0.717, 1.165) is 59.2 Å².